The Hall–Kier alpha value is -5.28. The van der Waals surface area contributed by atoms with Crippen molar-refractivity contribution < 1.29 is 13.4 Å². The number of para-hydroxylation sites is 2. The number of benzene rings is 5. The van der Waals surface area contributed by atoms with Gasteiger partial charge in [0.05, 0.1) is 6.20 Å². The average Bonchev–Trinajstić information content (AvgIpc) is 3.56. The highest BCUT2D eigenvalue weighted by atomic mass is 16.3. The monoisotopic (exact) mass is 529 g/mol. The van der Waals surface area contributed by atoms with Gasteiger partial charge in [0, 0.05) is 39.7 Å². The molecule has 0 N–H and O–H groups in total. The van der Waals surface area contributed by atoms with Gasteiger partial charge in [-0.15, -0.1) is 0 Å². The van der Waals surface area contributed by atoms with Crippen LogP contribution in [0.2, 0.25) is 0 Å². The number of furan rings is 2. The molecule has 3 heteroatoms. The van der Waals surface area contributed by atoms with Crippen molar-refractivity contribution >= 4 is 43.9 Å². The van der Waals surface area contributed by atoms with Crippen molar-refractivity contribution in [3.63, 3.8) is 0 Å². The van der Waals surface area contributed by atoms with E-state index in [9.17, 15) is 0 Å². The number of fused-ring (bicyclic) bond motifs is 6. The van der Waals surface area contributed by atoms with E-state index < -0.39 is 0 Å². The summed E-state index contributed by atoms with van der Waals surface area (Å²) in [6.07, 6.45) is 2.12. The Bertz CT molecular complexity index is 2290. The van der Waals surface area contributed by atoms with Gasteiger partial charge in [0.2, 0.25) is 0 Å². The first kappa shape index (κ1) is 23.6. The van der Waals surface area contributed by atoms with Gasteiger partial charge < -0.3 is 13.4 Å². The highest BCUT2D eigenvalue weighted by Crippen LogP contribution is 2.41. The molecule has 3 heterocycles. The van der Waals surface area contributed by atoms with Crippen LogP contribution in [0, 0.1) is 20.9 Å². The summed E-state index contributed by atoms with van der Waals surface area (Å²) in [6, 6.07) is 38.0. The second kappa shape index (κ2) is 8.87. The second-order valence-electron chi connectivity index (χ2n) is 10.8. The van der Waals surface area contributed by atoms with Crippen LogP contribution in [0.15, 0.2) is 124 Å². The maximum atomic E-state index is 6.59. The van der Waals surface area contributed by atoms with Gasteiger partial charge in [0.25, 0.3) is 0 Å². The molecule has 3 aromatic heterocycles. The lowest BCUT2D eigenvalue weighted by atomic mass is 9.96. The molecule has 0 fully saturated rings. The molecular formula is C38H27NO2. The molecular weight excluding hydrogens is 502 g/mol. The van der Waals surface area contributed by atoms with Gasteiger partial charge in [0.15, 0.2) is 0 Å². The first-order valence-corrected chi connectivity index (χ1v) is 13.9. The van der Waals surface area contributed by atoms with Crippen molar-refractivity contribution in [2.45, 2.75) is 13.8 Å². The fourth-order valence-corrected chi connectivity index (χ4v) is 6.23. The minimum absolute atomic E-state index is 0.862. The summed E-state index contributed by atoms with van der Waals surface area (Å²) in [5, 5.41) is 4.43. The lowest BCUT2D eigenvalue weighted by molar-refractivity contribution is -0.600. The van der Waals surface area contributed by atoms with Gasteiger partial charge in [-0.1, -0.05) is 90.5 Å². The van der Waals surface area contributed by atoms with E-state index in [2.05, 4.69) is 118 Å². The highest BCUT2D eigenvalue weighted by molar-refractivity contribution is 6.13. The van der Waals surface area contributed by atoms with Crippen molar-refractivity contribution in [1.29, 1.82) is 0 Å². The van der Waals surface area contributed by atoms with E-state index in [-0.39, 0.29) is 0 Å². The van der Waals surface area contributed by atoms with Crippen LogP contribution >= 0.6 is 0 Å². The first-order chi connectivity index (χ1) is 20.1. The Morgan fingerprint density at radius 3 is 2.15 bits per heavy atom. The zero-order valence-electron chi connectivity index (χ0n) is 22.9. The molecule has 0 spiro atoms. The number of hydrogen-bond acceptors (Lipinski definition) is 2. The number of pyridine rings is 1. The van der Waals surface area contributed by atoms with E-state index in [0.717, 1.165) is 71.8 Å². The SMILES string of the molecule is [CH2-][n+]1cc(-c2ccccc2)c(C)cc1-c1c(C)ccc2c1oc1ccc(-c3cccc4c3oc3ccccc34)cc12. The Labute approximate surface area is 237 Å². The van der Waals surface area contributed by atoms with Crippen LogP contribution in [-0.2, 0) is 0 Å². The normalized spacial score (nSPS) is 11.8. The second-order valence-corrected chi connectivity index (χ2v) is 10.8. The number of aryl methyl sites for hydroxylation is 2. The van der Waals surface area contributed by atoms with Gasteiger partial charge in [-0.2, -0.15) is 0 Å². The lowest BCUT2D eigenvalue weighted by Gasteiger charge is -2.15. The smallest absolute Gasteiger partial charge is 0.143 e. The van der Waals surface area contributed by atoms with E-state index >= 15 is 0 Å². The van der Waals surface area contributed by atoms with Crippen molar-refractivity contribution in [3.8, 4) is 33.5 Å². The van der Waals surface area contributed by atoms with Gasteiger partial charge >= 0.3 is 0 Å². The molecule has 8 rings (SSSR count). The van der Waals surface area contributed by atoms with E-state index in [1.807, 2.05) is 22.8 Å². The van der Waals surface area contributed by atoms with Crippen LogP contribution in [0.5, 0.6) is 0 Å². The van der Waals surface area contributed by atoms with Gasteiger partial charge in [-0.3, -0.25) is 0 Å². The van der Waals surface area contributed by atoms with Crippen LogP contribution in [0.25, 0.3) is 77.4 Å². The molecule has 8 aromatic rings. The number of nitrogens with zero attached hydrogens (tertiary/aromatic N) is 1. The molecule has 0 saturated carbocycles. The molecule has 0 aliphatic heterocycles. The summed E-state index contributed by atoms with van der Waals surface area (Å²) in [5.74, 6) is 0. The molecule has 196 valence electrons. The van der Waals surface area contributed by atoms with Gasteiger partial charge in [-0.25, -0.2) is 0 Å². The predicted molar refractivity (Wildman–Crippen MR) is 168 cm³/mol. The highest BCUT2D eigenvalue weighted by Gasteiger charge is 2.19. The molecule has 0 aliphatic carbocycles. The zero-order chi connectivity index (χ0) is 27.7. The molecule has 0 aliphatic rings. The van der Waals surface area contributed by atoms with Crippen LogP contribution in [0.1, 0.15) is 11.1 Å². The Morgan fingerprint density at radius 2 is 1.27 bits per heavy atom. The fourth-order valence-electron chi connectivity index (χ4n) is 6.23. The molecule has 3 nitrogen and oxygen atoms in total. The summed E-state index contributed by atoms with van der Waals surface area (Å²) in [6.45, 7) is 4.29. The van der Waals surface area contributed by atoms with Crippen molar-refractivity contribution in [2.75, 3.05) is 0 Å². The maximum absolute atomic E-state index is 6.59. The summed E-state index contributed by atoms with van der Waals surface area (Å²) in [4.78, 5) is 0. The number of aromatic nitrogens is 1. The summed E-state index contributed by atoms with van der Waals surface area (Å²) < 4.78 is 14.9. The van der Waals surface area contributed by atoms with Crippen molar-refractivity contribution in [2.24, 2.45) is 0 Å². The topological polar surface area (TPSA) is 30.2 Å². The molecule has 0 radical (unpaired) electrons. The summed E-state index contributed by atoms with van der Waals surface area (Å²) in [5.41, 5.74) is 12.5. The molecule has 0 saturated heterocycles. The third kappa shape index (κ3) is 3.59. The number of rotatable bonds is 3. The van der Waals surface area contributed by atoms with Gasteiger partial charge in [-0.05, 0) is 60.4 Å². The average molecular weight is 530 g/mol. The van der Waals surface area contributed by atoms with Crippen molar-refractivity contribution in [1.82, 2.24) is 0 Å². The molecule has 0 amide bonds. The Morgan fingerprint density at radius 1 is 0.537 bits per heavy atom. The fraction of sp³-hybridized carbons (Fsp3) is 0.0526. The largest absolute Gasteiger partial charge is 0.456 e. The Balaban J connectivity index is 1.32. The summed E-state index contributed by atoms with van der Waals surface area (Å²) >= 11 is 0. The van der Waals surface area contributed by atoms with E-state index in [0.29, 0.717) is 0 Å². The van der Waals surface area contributed by atoms with Crippen molar-refractivity contribution in [3.05, 3.63) is 134 Å². The van der Waals surface area contributed by atoms with E-state index in [1.54, 1.807) is 0 Å². The van der Waals surface area contributed by atoms with Crippen LogP contribution in [-0.4, -0.2) is 0 Å². The predicted octanol–water partition coefficient (Wildman–Crippen LogP) is 10.0. The molecule has 5 aromatic carbocycles. The minimum Gasteiger partial charge on any atom is -0.456 e. The number of hydrogen-bond donors (Lipinski definition) is 0. The first-order valence-electron chi connectivity index (χ1n) is 13.9. The molecule has 41 heavy (non-hydrogen) atoms. The lowest BCUT2D eigenvalue weighted by Crippen LogP contribution is -2.29. The van der Waals surface area contributed by atoms with E-state index in [1.165, 1.54) is 16.7 Å². The third-order valence-electron chi connectivity index (χ3n) is 8.28. The van der Waals surface area contributed by atoms with E-state index in [4.69, 9.17) is 8.83 Å². The van der Waals surface area contributed by atoms with Crippen LogP contribution < -0.4 is 4.57 Å². The van der Waals surface area contributed by atoms with Crippen LogP contribution in [0.3, 0.4) is 0 Å². The maximum Gasteiger partial charge on any atom is 0.143 e. The zero-order valence-corrected chi connectivity index (χ0v) is 22.9. The van der Waals surface area contributed by atoms with Crippen LogP contribution in [0.4, 0.5) is 0 Å². The minimum atomic E-state index is 0.862. The molecule has 0 unspecified atom stereocenters. The quantitative estimate of drug-likeness (QED) is 0.168. The molecule has 0 atom stereocenters. The van der Waals surface area contributed by atoms with Gasteiger partial charge in [0.1, 0.15) is 28.0 Å². The standard InChI is InChI=1S/C38H27NO2/c1-23-16-18-30-31-21-26(27-13-9-14-29-28-12-7-8-15-34(28)40-37(27)29)17-19-35(31)41-38(30)36(23)33-20-24(2)32(22-39(33)3)25-10-5-4-6-11-25/h4-22H,3H2,1-2H3. The summed E-state index contributed by atoms with van der Waals surface area (Å²) in [7, 11) is 4.39. The third-order valence-corrected chi connectivity index (χ3v) is 8.28. The molecule has 0 bridgehead atoms. The Kier molecular flexibility index (Phi) is 5.10.